The molecular formula is C61H44N2. The molecule has 1 aliphatic carbocycles. The molecule has 0 spiro atoms. The molecule has 2 heteroatoms. The molecule has 0 unspecified atom stereocenters. The van der Waals surface area contributed by atoms with Crippen molar-refractivity contribution in [3.8, 4) is 44.8 Å². The van der Waals surface area contributed by atoms with Crippen molar-refractivity contribution >= 4 is 65.2 Å². The lowest BCUT2D eigenvalue weighted by molar-refractivity contribution is 0.724. The maximum absolute atomic E-state index is 2.53. The lowest BCUT2D eigenvalue weighted by Gasteiger charge is -2.20. The molecule has 12 aromatic rings. The lowest BCUT2D eigenvalue weighted by Crippen LogP contribution is -1.96. The molecule has 0 saturated heterocycles. The maximum Gasteiger partial charge on any atom is 0.0547 e. The highest BCUT2D eigenvalue weighted by Crippen LogP contribution is 2.46. The van der Waals surface area contributed by atoms with Gasteiger partial charge in [-0.3, -0.25) is 0 Å². The molecule has 63 heavy (non-hydrogen) atoms. The zero-order chi connectivity index (χ0) is 41.4. The number of nitrogens with zero attached hydrogens (tertiary/aromatic N) is 2. The van der Waals surface area contributed by atoms with E-state index in [1.54, 1.807) is 0 Å². The average molecular weight is 805 g/mol. The molecule has 2 aromatic heterocycles. The molecule has 0 bridgehead atoms. The second kappa shape index (κ2) is 14.5. The molecule has 2 heterocycles. The van der Waals surface area contributed by atoms with Crippen LogP contribution in [0.4, 0.5) is 0 Å². The summed E-state index contributed by atoms with van der Waals surface area (Å²) in [4.78, 5) is 0. The maximum atomic E-state index is 2.53. The van der Waals surface area contributed by atoms with E-state index in [1.807, 2.05) is 0 Å². The number of aromatic nitrogens is 2. The van der Waals surface area contributed by atoms with Gasteiger partial charge in [-0.05, 0) is 134 Å². The van der Waals surface area contributed by atoms with E-state index in [-0.39, 0.29) is 0 Å². The number of benzene rings is 10. The Hall–Kier alpha value is -7.68. The molecule has 0 radical (unpaired) electrons. The van der Waals surface area contributed by atoms with Gasteiger partial charge in [0.25, 0.3) is 0 Å². The van der Waals surface area contributed by atoms with E-state index in [4.69, 9.17) is 0 Å². The predicted octanol–water partition coefficient (Wildman–Crippen LogP) is 16.8. The van der Waals surface area contributed by atoms with Crippen LogP contribution < -0.4 is 0 Å². The van der Waals surface area contributed by atoms with Crippen molar-refractivity contribution in [1.29, 1.82) is 0 Å². The fraction of sp³-hybridized carbons (Fsp3) is 0.0820. The van der Waals surface area contributed by atoms with Gasteiger partial charge in [-0.2, -0.15) is 0 Å². The summed E-state index contributed by atoms with van der Waals surface area (Å²) in [5.74, 6) is 0.642. The molecule has 1 aliphatic rings. The summed E-state index contributed by atoms with van der Waals surface area (Å²) < 4.78 is 4.84. The largest absolute Gasteiger partial charge is 0.309 e. The zero-order valence-corrected chi connectivity index (χ0v) is 35.0. The summed E-state index contributed by atoms with van der Waals surface area (Å²) in [5, 5.41) is 10.3. The van der Waals surface area contributed by atoms with Crippen molar-refractivity contribution in [2.45, 2.75) is 31.6 Å². The van der Waals surface area contributed by atoms with E-state index >= 15 is 0 Å². The van der Waals surface area contributed by atoms with Crippen LogP contribution in [0.3, 0.4) is 0 Å². The quantitative estimate of drug-likeness (QED) is 0.148. The van der Waals surface area contributed by atoms with Crippen molar-refractivity contribution in [3.63, 3.8) is 0 Å². The number of rotatable bonds is 6. The molecule has 10 aromatic carbocycles. The van der Waals surface area contributed by atoms with Crippen molar-refractivity contribution in [2.75, 3.05) is 0 Å². The first-order chi connectivity index (χ1) is 31.3. The molecule has 0 N–H and O–H groups in total. The first-order valence-corrected chi connectivity index (χ1v) is 22.5. The smallest absolute Gasteiger partial charge is 0.0547 e. The van der Waals surface area contributed by atoms with E-state index in [9.17, 15) is 0 Å². The van der Waals surface area contributed by atoms with E-state index < -0.39 is 0 Å². The zero-order valence-electron chi connectivity index (χ0n) is 35.0. The Morgan fingerprint density at radius 2 is 0.746 bits per heavy atom. The number of fused-ring (bicyclic) bond motifs is 8. The van der Waals surface area contributed by atoms with Gasteiger partial charge in [0, 0.05) is 32.9 Å². The van der Waals surface area contributed by atoms with Crippen LogP contribution in [0.1, 0.15) is 37.2 Å². The van der Waals surface area contributed by atoms with Crippen LogP contribution in [-0.2, 0) is 0 Å². The Kier molecular flexibility index (Phi) is 8.27. The monoisotopic (exact) mass is 804 g/mol. The van der Waals surface area contributed by atoms with Crippen molar-refractivity contribution in [1.82, 2.24) is 9.13 Å². The standard InChI is InChI=1S/C61H44N2/c1-3-17-41(18-4-1)61-52-24-10-9-23-51(52)60(53-35-30-43(38-55(53)61)40-15-7-8-16-40)42-27-32-47(33-28-42)63-56-25-13-11-21-48(56)50-34-29-45(39-59(50)63)44-31-36-58-54(37-44)49-22-12-14-26-57(49)62(58)46-19-5-2-6-20-46/h1-6,9-14,17-40H,7-8,15-16H2. The van der Waals surface area contributed by atoms with Crippen LogP contribution in [-0.4, -0.2) is 9.13 Å². The highest BCUT2D eigenvalue weighted by Gasteiger charge is 2.22. The van der Waals surface area contributed by atoms with E-state index in [2.05, 4.69) is 221 Å². The van der Waals surface area contributed by atoms with Crippen LogP contribution in [0.2, 0.25) is 0 Å². The Morgan fingerprint density at radius 3 is 1.46 bits per heavy atom. The van der Waals surface area contributed by atoms with Gasteiger partial charge in [-0.25, -0.2) is 0 Å². The normalized spacial score (nSPS) is 13.4. The molecule has 0 amide bonds. The molecular weight excluding hydrogens is 761 g/mol. The van der Waals surface area contributed by atoms with Crippen molar-refractivity contribution in [3.05, 3.63) is 218 Å². The van der Waals surface area contributed by atoms with Gasteiger partial charge in [0.1, 0.15) is 0 Å². The van der Waals surface area contributed by atoms with Gasteiger partial charge in [-0.15, -0.1) is 0 Å². The number of para-hydroxylation sites is 3. The van der Waals surface area contributed by atoms with E-state index in [1.165, 1.54) is 135 Å². The number of hydrogen-bond donors (Lipinski definition) is 0. The van der Waals surface area contributed by atoms with E-state index in [0.717, 1.165) is 5.69 Å². The fourth-order valence-corrected chi connectivity index (χ4v) is 11.1. The predicted molar refractivity (Wildman–Crippen MR) is 268 cm³/mol. The Labute approximate surface area is 366 Å². The minimum absolute atomic E-state index is 0.642. The molecule has 13 rings (SSSR count). The fourth-order valence-electron chi connectivity index (χ4n) is 11.1. The van der Waals surface area contributed by atoms with Gasteiger partial charge in [0.15, 0.2) is 0 Å². The first kappa shape index (κ1) is 36.0. The van der Waals surface area contributed by atoms with Gasteiger partial charge < -0.3 is 9.13 Å². The Balaban J connectivity index is 0.970. The third-order valence-electron chi connectivity index (χ3n) is 14.0. The highest BCUT2D eigenvalue weighted by atomic mass is 15.0. The Morgan fingerprint density at radius 1 is 0.286 bits per heavy atom. The first-order valence-electron chi connectivity index (χ1n) is 22.5. The van der Waals surface area contributed by atoms with Crippen LogP contribution in [0.15, 0.2) is 212 Å². The molecule has 2 nitrogen and oxygen atoms in total. The molecule has 1 fully saturated rings. The topological polar surface area (TPSA) is 9.86 Å². The third kappa shape index (κ3) is 5.71. The van der Waals surface area contributed by atoms with Crippen LogP contribution in [0.25, 0.3) is 110 Å². The summed E-state index contributed by atoms with van der Waals surface area (Å²) >= 11 is 0. The van der Waals surface area contributed by atoms with Crippen molar-refractivity contribution in [2.24, 2.45) is 0 Å². The summed E-state index contributed by atoms with van der Waals surface area (Å²) in [6.45, 7) is 0. The summed E-state index contributed by atoms with van der Waals surface area (Å²) in [6.07, 6.45) is 5.23. The minimum atomic E-state index is 0.642. The van der Waals surface area contributed by atoms with Gasteiger partial charge in [0.05, 0.1) is 22.1 Å². The third-order valence-corrected chi connectivity index (χ3v) is 14.0. The highest BCUT2D eigenvalue weighted by molar-refractivity contribution is 6.21. The minimum Gasteiger partial charge on any atom is -0.309 e. The van der Waals surface area contributed by atoms with Gasteiger partial charge in [-0.1, -0.05) is 171 Å². The second-order valence-corrected chi connectivity index (χ2v) is 17.5. The molecule has 0 aliphatic heterocycles. The van der Waals surface area contributed by atoms with Crippen LogP contribution in [0, 0.1) is 0 Å². The Bertz CT molecular complexity index is 3710. The van der Waals surface area contributed by atoms with E-state index in [0.29, 0.717) is 5.92 Å². The lowest BCUT2D eigenvalue weighted by atomic mass is 9.84. The second-order valence-electron chi connectivity index (χ2n) is 17.5. The van der Waals surface area contributed by atoms with Crippen LogP contribution in [0.5, 0.6) is 0 Å². The molecule has 0 atom stereocenters. The molecule has 298 valence electrons. The van der Waals surface area contributed by atoms with Gasteiger partial charge >= 0.3 is 0 Å². The van der Waals surface area contributed by atoms with Crippen LogP contribution >= 0.6 is 0 Å². The van der Waals surface area contributed by atoms with Crippen molar-refractivity contribution < 1.29 is 0 Å². The summed E-state index contributed by atoms with van der Waals surface area (Å²) in [5.41, 5.74) is 16.2. The van der Waals surface area contributed by atoms with Gasteiger partial charge in [0.2, 0.25) is 0 Å². The summed E-state index contributed by atoms with van der Waals surface area (Å²) in [7, 11) is 0. The average Bonchev–Trinajstić information content (AvgIpc) is 4.09. The SMILES string of the molecule is c1ccc(-c2c3ccccc3c(-c3ccc(-n4c5ccccc5c5ccc(-c6ccc7c(c6)c6ccccc6n7-c6ccccc6)cc54)cc3)c3ccc(C4CCCC4)cc23)cc1. The molecule has 1 saturated carbocycles. The number of hydrogen-bond acceptors (Lipinski definition) is 0. The summed E-state index contributed by atoms with van der Waals surface area (Å²) in [6, 6.07) is 79.1.